The number of aryl methyl sites for hydroxylation is 1. The standard InChI is InChI=1S/C16H13FN2O2/c1-10-5-6-14-13(7-10)15(20)19(16(21)18-14)9-11-3-2-4-12(17)8-11/h2-8H,9H2,1H3,(H,18,21). The molecule has 0 spiro atoms. The van der Waals surface area contributed by atoms with Crippen LogP contribution in [0.5, 0.6) is 0 Å². The summed E-state index contributed by atoms with van der Waals surface area (Å²) in [5.41, 5.74) is 1.13. The van der Waals surface area contributed by atoms with E-state index in [2.05, 4.69) is 4.98 Å². The quantitative estimate of drug-likeness (QED) is 0.784. The van der Waals surface area contributed by atoms with E-state index in [1.54, 1.807) is 24.3 Å². The maximum Gasteiger partial charge on any atom is 0.329 e. The van der Waals surface area contributed by atoms with Gasteiger partial charge in [-0.1, -0.05) is 23.8 Å². The number of rotatable bonds is 2. The molecule has 0 aliphatic rings. The summed E-state index contributed by atoms with van der Waals surface area (Å²) < 4.78 is 14.3. The van der Waals surface area contributed by atoms with Crippen molar-refractivity contribution in [3.05, 3.63) is 80.2 Å². The van der Waals surface area contributed by atoms with Crippen molar-refractivity contribution in [2.45, 2.75) is 13.5 Å². The molecule has 106 valence electrons. The van der Waals surface area contributed by atoms with E-state index in [0.29, 0.717) is 16.5 Å². The molecule has 3 rings (SSSR count). The van der Waals surface area contributed by atoms with E-state index in [1.165, 1.54) is 12.1 Å². The molecule has 0 fully saturated rings. The molecule has 2 aromatic carbocycles. The average molecular weight is 284 g/mol. The Hall–Kier alpha value is -2.69. The average Bonchev–Trinajstić information content (AvgIpc) is 2.45. The van der Waals surface area contributed by atoms with E-state index < -0.39 is 11.5 Å². The first-order valence-electron chi connectivity index (χ1n) is 6.52. The summed E-state index contributed by atoms with van der Waals surface area (Å²) in [5.74, 6) is -0.395. The zero-order valence-electron chi connectivity index (χ0n) is 11.4. The Balaban J connectivity index is 2.19. The number of nitrogens with one attached hydrogen (secondary N) is 1. The third-order valence-electron chi connectivity index (χ3n) is 3.37. The number of aromatic nitrogens is 2. The largest absolute Gasteiger partial charge is 0.329 e. The van der Waals surface area contributed by atoms with Gasteiger partial charge in [-0.2, -0.15) is 0 Å². The van der Waals surface area contributed by atoms with Gasteiger partial charge in [0.1, 0.15) is 5.82 Å². The van der Waals surface area contributed by atoms with Gasteiger partial charge in [0.25, 0.3) is 5.56 Å². The van der Waals surface area contributed by atoms with E-state index in [-0.39, 0.29) is 12.1 Å². The lowest BCUT2D eigenvalue weighted by Gasteiger charge is -2.07. The zero-order chi connectivity index (χ0) is 15.0. The minimum Gasteiger partial charge on any atom is -0.307 e. The molecule has 1 heterocycles. The fourth-order valence-electron chi connectivity index (χ4n) is 2.33. The van der Waals surface area contributed by atoms with Crippen LogP contribution in [-0.4, -0.2) is 9.55 Å². The Morgan fingerprint density at radius 1 is 1.14 bits per heavy atom. The summed E-state index contributed by atoms with van der Waals surface area (Å²) >= 11 is 0. The Kier molecular flexibility index (Phi) is 3.17. The lowest BCUT2D eigenvalue weighted by Crippen LogP contribution is -2.35. The molecule has 0 radical (unpaired) electrons. The monoisotopic (exact) mass is 284 g/mol. The number of aromatic amines is 1. The maximum atomic E-state index is 13.2. The van der Waals surface area contributed by atoms with Gasteiger partial charge in [0, 0.05) is 0 Å². The molecular formula is C16H13FN2O2. The van der Waals surface area contributed by atoms with E-state index >= 15 is 0 Å². The number of H-pyrrole nitrogens is 1. The van der Waals surface area contributed by atoms with Crippen molar-refractivity contribution in [2.75, 3.05) is 0 Å². The number of halogens is 1. The minimum atomic E-state index is -0.499. The van der Waals surface area contributed by atoms with Gasteiger partial charge in [-0.25, -0.2) is 9.18 Å². The maximum absolute atomic E-state index is 13.2. The molecule has 0 amide bonds. The molecule has 0 atom stereocenters. The lowest BCUT2D eigenvalue weighted by atomic mass is 10.1. The molecule has 3 aromatic rings. The molecule has 1 N–H and O–H groups in total. The van der Waals surface area contributed by atoms with E-state index in [4.69, 9.17) is 0 Å². The van der Waals surface area contributed by atoms with E-state index in [9.17, 15) is 14.0 Å². The van der Waals surface area contributed by atoms with Gasteiger partial charge in [-0.3, -0.25) is 9.36 Å². The van der Waals surface area contributed by atoms with Gasteiger partial charge < -0.3 is 4.98 Å². The zero-order valence-corrected chi connectivity index (χ0v) is 11.4. The first-order chi connectivity index (χ1) is 10.0. The van der Waals surface area contributed by atoms with Crippen molar-refractivity contribution in [3.63, 3.8) is 0 Å². The highest BCUT2D eigenvalue weighted by Crippen LogP contribution is 2.09. The van der Waals surface area contributed by atoms with Crippen LogP contribution in [0.3, 0.4) is 0 Å². The predicted octanol–water partition coefficient (Wildman–Crippen LogP) is 2.19. The van der Waals surface area contributed by atoms with E-state index in [0.717, 1.165) is 10.1 Å². The van der Waals surface area contributed by atoms with Crippen LogP contribution < -0.4 is 11.2 Å². The van der Waals surface area contributed by atoms with Crippen LogP contribution in [-0.2, 0) is 6.54 Å². The molecular weight excluding hydrogens is 271 g/mol. The van der Waals surface area contributed by atoms with Crippen molar-refractivity contribution >= 4 is 10.9 Å². The third kappa shape index (κ3) is 2.50. The van der Waals surface area contributed by atoms with Crippen molar-refractivity contribution < 1.29 is 4.39 Å². The summed E-state index contributed by atoms with van der Waals surface area (Å²) in [4.78, 5) is 27.2. The lowest BCUT2D eigenvalue weighted by molar-refractivity contribution is 0.621. The number of fused-ring (bicyclic) bond motifs is 1. The number of hydrogen-bond acceptors (Lipinski definition) is 2. The number of hydrogen-bond donors (Lipinski definition) is 1. The highest BCUT2D eigenvalue weighted by molar-refractivity contribution is 5.77. The molecule has 0 bridgehead atoms. The highest BCUT2D eigenvalue weighted by Gasteiger charge is 2.08. The molecule has 0 unspecified atom stereocenters. The van der Waals surface area contributed by atoms with Crippen LogP contribution in [0.25, 0.3) is 10.9 Å². The van der Waals surface area contributed by atoms with Crippen LogP contribution >= 0.6 is 0 Å². The molecule has 4 nitrogen and oxygen atoms in total. The van der Waals surface area contributed by atoms with Crippen molar-refractivity contribution in [3.8, 4) is 0 Å². The van der Waals surface area contributed by atoms with Gasteiger partial charge in [0.05, 0.1) is 17.4 Å². The Morgan fingerprint density at radius 2 is 1.95 bits per heavy atom. The van der Waals surface area contributed by atoms with Crippen LogP contribution in [0.4, 0.5) is 4.39 Å². The molecule has 0 aliphatic carbocycles. The van der Waals surface area contributed by atoms with Crippen molar-refractivity contribution in [1.82, 2.24) is 9.55 Å². The summed E-state index contributed by atoms with van der Waals surface area (Å²) in [5, 5.41) is 0.450. The number of nitrogens with zero attached hydrogens (tertiary/aromatic N) is 1. The van der Waals surface area contributed by atoms with Gasteiger partial charge >= 0.3 is 5.69 Å². The second-order valence-electron chi connectivity index (χ2n) is 5.00. The summed E-state index contributed by atoms with van der Waals surface area (Å²) in [6, 6.07) is 11.1. The molecule has 0 saturated carbocycles. The normalized spacial score (nSPS) is 11.0. The van der Waals surface area contributed by atoms with Gasteiger partial charge in [0.2, 0.25) is 0 Å². The topological polar surface area (TPSA) is 54.9 Å². The summed E-state index contributed by atoms with van der Waals surface area (Å²) in [6.07, 6.45) is 0. The first kappa shape index (κ1) is 13.3. The number of benzene rings is 2. The van der Waals surface area contributed by atoms with Crippen LogP contribution in [0, 0.1) is 12.7 Å². The third-order valence-corrected chi connectivity index (χ3v) is 3.37. The van der Waals surface area contributed by atoms with Crippen LogP contribution in [0.1, 0.15) is 11.1 Å². The Morgan fingerprint density at radius 3 is 2.71 bits per heavy atom. The minimum absolute atomic E-state index is 0.0375. The van der Waals surface area contributed by atoms with Gasteiger partial charge in [0.15, 0.2) is 0 Å². The molecule has 0 aliphatic heterocycles. The SMILES string of the molecule is Cc1ccc2[nH]c(=O)n(Cc3cccc(F)c3)c(=O)c2c1. The smallest absolute Gasteiger partial charge is 0.307 e. The predicted molar refractivity (Wildman–Crippen MR) is 79.1 cm³/mol. The molecule has 1 aromatic heterocycles. The Bertz CT molecular complexity index is 941. The van der Waals surface area contributed by atoms with Crippen LogP contribution in [0.2, 0.25) is 0 Å². The summed E-state index contributed by atoms with van der Waals surface area (Å²) in [7, 11) is 0. The van der Waals surface area contributed by atoms with Gasteiger partial charge in [-0.15, -0.1) is 0 Å². The van der Waals surface area contributed by atoms with E-state index in [1.807, 2.05) is 13.0 Å². The first-order valence-corrected chi connectivity index (χ1v) is 6.52. The summed E-state index contributed by atoms with van der Waals surface area (Å²) in [6.45, 7) is 1.91. The van der Waals surface area contributed by atoms with Gasteiger partial charge in [-0.05, 0) is 36.8 Å². The molecule has 5 heteroatoms. The second kappa shape index (κ2) is 5.01. The molecule has 21 heavy (non-hydrogen) atoms. The highest BCUT2D eigenvalue weighted by atomic mass is 19.1. The fraction of sp³-hybridized carbons (Fsp3) is 0.125. The second-order valence-corrected chi connectivity index (χ2v) is 5.00. The fourth-order valence-corrected chi connectivity index (χ4v) is 2.33. The van der Waals surface area contributed by atoms with Crippen molar-refractivity contribution in [2.24, 2.45) is 0 Å². The van der Waals surface area contributed by atoms with Crippen molar-refractivity contribution in [1.29, 1.82) is 0 Å². The van der Waals surface area contributed by atoms with Crippen LogP contribution in [0.15, 0.2) is 52.1 Å². The Labute approximate surface area is 119 Å². The molecule has 0 saturated heterocycles.